The fourth-order valence-corrected chi connectivity index (χ4v) is 1.98. The minimum Gasteiger partial charge on any atom is -0.458 e. The van der Waals surface area contributed by atoms with Crippen molar-refractivity contribution in [1.29, 1.82) is 0 Å². The van der Waals surface area contributed by atoms with Crippen molar-refractivity contribution >= 4 is 11.9 Å². The number of hydrogen-bond donors (Lipinski definition) is 0. The third kappa shape index (κ3) is 4.81. The second kappa shape index (κ2) is 7.94. The molecule has 0 saturated carbocycles. The van der Waals surface area contributed by atoms with Crippen LogP contribution in [0.1, 0.15) is 35.4 Å². The first-order valence-corrected chi connectivity index (χ1v) is 7.27. The summed E-state index contributed by atoms with van der Waals surface area (Å²) in [4.78, 5) is 23.4. The highest BCUT2D eigenvalue weighted by Crippen LogP contribution is 2.21. The predicted octanol–water partition coefficient (Wildman–Crippen LogP) is 4.09. The Labute approximate surface area is 135 Å². The average molecular weight is 310 g/mol. The standard InChI is InChI=1S/C19H18O4/c1-3-7-18(20)22-14(2)15-10-12-17(13-11-15)23-19(21)16-8-5-4-6-9-16/h3-6,8-14H,1,7H2,2H3. The monoisotopic (exact) mass is 310 g/mol. The summed E-state index contributed by atoms with van der Waals surface area (Å²) >= 11 is 0. The van der Waals surface area contributed by atoms with E-state index < -0.39 is 5.97 Å². The zero-order chi connectivity index (χ0) is 16.7. The first-order chi connectivity index (χ1) is 11.1. The molecule has 0 radical (unpaired) electrons. The number of rotatable bonds is 6. The van der Waals surface area contributed by atoms with Gasteiger partial charge in [0.15, 0.2) is 0 Å². The van der Waals surface area contributed by atoms with Gasteiger partial charge in [-0.05, 0) is 36.8 Å². The molecule has 0 aromatic heterocycles. The first kappa shape index (κ1) is 16.5. The number of ether oxygens (including phenoxy) is 2. The number of esters is 2. The molecule has 0 bridgehead atoms. The topological polar surface area (TPSA) is 52.6 Å². The third-order valence-electron chi connectivity index (χ3n) is 3.19. The molecule has 0 N–H and O–H groups in total. The zero-order valence-corrected chi connectivity index (χ0v) is 12.9. The van der Waals surface area contributed by atoms with E-state index in [1.54, 1.807) is 55.5 Å². The molecule has 2 aromatic rings. The molecule has 0 amide bonds. The SMILES string of the molecule is C=CCC(=O)OC(C)c1ccc(OC(=O)c2ccccc2)cc1. The lowest BCUT2D eigenvalue weighted by Crippen LogP contribution is -2.09. The molecule has 0 aliphatic carbocycles. The van der Waals surface area contributed by atoms with Crippen LogP contribution < -0.4 is 4.74 Å². The smallest absolute Gasteiger partial charge is 0.343 e. The largest absolute Gasteiger partial charge is 0.458 e. The lowest BCUT2D eigenvalue weighted by molar-refractivity contribution is -0.147. The van der Waals surface area contributed by atoms with Gasteiger partial charge in [-0.3, -0.25) is 4.79 Å². The molecule has 0 aliphatic heterocycles. The molecule has 0 spiro atoms. The molecule has 4 nitrogen and oxygen atoms in total. The molecule has 0 heterocycles. The van der Waals surface area contributed by atoms with E-state index >= 15 is 0 Å². The molecule has 23 heavy (non-hydrogen) atoms. The van der Waals surface area contributed by atoms with Gasteiger partial charge in [-0.25, -0.2) is 4.79 Å². The van der Waals surface area contributed by atoms with Crippen LogP contribution in [0.4, 0.5) is 0 Å². The van der Waals surface area contributed by atoms with E-state index in [0.717, 1.165) is 5.56 Å². The minimum absolute atomic E-state index is 0.178. The lowest BCUT2D eigenvalue weighted by Gasteiger charge is -2.13. The van der Waals surface area contributed by atoms with Crippen LogP contribution in [0.3, 0.4) is 0 Å². The molecule has 2 aromatic carbocycles. The normalized spacial score (nSPS) is 11.3. The van der Waals surface area contributed by atoms with Crippen LogP contribution in [-0.4, -0.2) is 11.9 Å². The van der Waals surface area contributed by atoms with Crippen molar-refractivity contribution in [2.45, 2.75) is 19.4 Å². The second-order valence-corrected chi connectivity index (χ2v) is 4.95. The fourth-order valence-electron chi connectivity index (χ4n) is 1.98. The Morgan fingerprint density at radius 1 is 1.09 bits per heavy atom. The highest BCUT2D eigenvalue weighted by molar-refractivity contribution is 5.90. The number of hydrogen-bond acceptors (Lipinski definition) is 4. The Morgan fingerprint density at radius 3 is 2.35 bits per heavy atom. The van der Waals surface area contributed by atoms with Crippen LogP contribution >= 0.6 is 0 Å². The van der Waals surface area contributed by atoms with Gasteiger partial charge in [0.05, 0.1) is 12.0 Å². The maximum Gasteiger partial charge on any atom is 0.343 e. The van der Waals surface area contributed by atoms with Gasteiger partial charge in [0, 0.05) is 0 Å². The van der Waals surface area contributed by atoms with Crippen molar-refractivity contribution in [3.8, 4) is 5.75 Å². The van der Waals surface area contributed by atoms with E-state index in [9.17, 15) is 9.59 Å². The number of carbonyl (C=O) groups is 2. The van der Waals surface area contributed by atoms with Gasteiger partial charge >= 0.3 is 11.9 Å². The average Bonchev–Trinajstić information content (AvgIpc) is 2.56. The molecule has 0 aliphatic rings. The summed E-state index contributed by atoms with van der Waals surface area (Å²) in [6, 6.07) is 15.6. The molecule has 118 valence electrons. The molecular weight excluding hydrogens is 292 g/mol. The van der Waals surface area contributed by atoms with E-state index in [-0.39, 0.29) is 18.5 Å². The van der Waals surface area contributed by atoms with E-state index in [2.05, 4.69) is 6.58 Å². The van der Waals surface area contributed by atoms with Crippen molar-refractivity contribution < 1.29 is 19.1 Å². The molecule has 1 atom stereocenters. The van der Waals surface area contributed by atoms with Gasteiger partial charge in [-0.2, -0.15) is 0 Å². The van der Waals surface area contributed by atoms with Crippen molar-refractivity contribution in [3.05, 3.63) is 78.4 Å². The summed E-state index contributed by atoms with van der Waals surface area (Å²) in [5.41, 5.74) is 1.31. The molecule has 1 unspecified atom stereocenters. The Hall–Kier alpha value is -2.88. The lowest BCUT2D eigenvalue weighted by atomic mass is 10.1. The Kier molecular flexibility index (Phi) is 5.69. The van der Waals surface area contributed by atoms with Gasteiger partial charge in [0.25, 0.3) is 0 Å². The maximum absolute atomic E-state index is 11.9. The van der Waals surface area contributed by atoms with Crippen molar-refractivity contribution in [1.82, 2.24) is 0 Å². The van der Waals surface area contributed by atoms with E-state index in [1.807, 2.05) is 6.07 Å². The third-order valence-corrected chi connectivity index (χ3v) is 3.19. The highest BCUT2D eigenvalue weighted by atomic mass is 16.5. The van der Waals surface area contributed by atoms with Gasteiger partial charge in [-0.15, -0.1) is 6.58 Å². The summed E-state index contributed by atoms with van der Waals surface area (Å²) in [7, 11) is 0. The van der Waals surface area contributed by atoms with Crippen LogP contribution in [0.2, 0.25) is 0 Å². The van der Waals surface area contributed by atoms with Crippen LogP contribution in [0.15, 0.2) is 67.3 Å². The predicted molar refractivity (Wildman–Crippen MR) is 87.2 cm³/mol. The second-order valence-electron chi connectivity index (χ2n) is 4.95. The summed E-state index contributed by atoms with van der Waals surface area (Å²) in [5.74, 6) is -0.303. The minimum atomic E-state index is -0.413. The Bertz CT molecular complexity index is 674. The summed E-state index contributed by atoms with van der Waals surface area (Å²) in [6.07, 6.45) is 1.31. The number of benzene rings is 2. The Balaban J connectivity index is 1.98. The maximum atomic E-state index is 11.9. The summed E-state index contributed by atoms with van der Waals surface area (Å²) in [5, 5.41) is 0. The van der Waals surface area contributed by atoms with Crippen molar-refractivity contribution in [2.75, 3.05) is 0 Å². The van der Waals surface area contributed by atoms with E-state index in [1.165, 1.54) is 6.08 Å². The van der Waals surface area contributed by atoms with Crippen LogP contribution in [-0.2, 0) is 9.53 Å². The molecular formula is C19H18O4. The van der Waals surface area contributed by atoms with Gasteiger partial charge in [0.2, 0.25) is 0 Å². The van der Waals surface area contributed by atoms with Crippen molar-refractivity contribution in [3.63, 3.8) is 0 Å². The fraction of sp³-hybridized carbons (Fsp3) is 0.158. The highest BCUT2D eigenvalue weighted by Gasteiger charge is 2.12. The summed E-state index contributed by atoms with van der Waals surface area (Å²) in [6.45, 7) is 5.28. The van der Waals surface area contributed by atoms with E-state index in [0.29, 0.717) is 11.3 Å². The molecule has 0 saturated heterocycles. The summed E-state index contributed by atoms with van der Waals surface area (Å²) < 4.78 is 10.5. The van der Waals surface area contributed by atoms with Crippen LogP contribution in [0.5, 0.6) is 5.75 Å². The van der Waals surface area contributed by atoms with Crippen LogP contribution in [0, 0.1) is 0 Å². The quantitative estimate of drug-likeness (QED) is 0.458. The van der Waals surface area contributed by atoms with E-state index in [4.69, 9.17) is 9.47 Å². The molecule has 2 rings (SSSR count). The first-order valence-electron chi connectivity index (χ1n) is 7.27. The Morgan fingerprint density at radius 2 is 1.74 bits per heavy atom. The molecule has 0 fully saturated rings. The van der Waals surface area contributed by atoms with Gasteiger partial charge < -0.3 is 9.47 Å². The van der Waals surface area contributed by atoms with Gasteiger partial charge in [-0.1, -0.05) is 36.4 Å². The van der Waals surface area contributed by atoms with Crippen LogP contribution in [0.25, 0.3) is 0 Å². The molecule has 4 heteroatoms. The van der Waals surface area contributed by atoms with Crippen molar-refractivity contribution in [2.24, 2.45) is 0 Å². The van der Waals surface area contributed by atoms with Gasteiger partial charge in [0.1, 0.15) is 11.9 Å². The zero-order valence-electron chi connectivity index (χ0n) is 12.9. The number of carbonyl (C=O) groups excluding carboxylic acids is 2.